The molecule has 1 N–H and O–H groups in total. The van der Waals surface area contributed by atoms with E-state index in [1.54, 1.807) is 5.56 Å². The molecule has 0 saturated heterocycles. The lowest BCUT2D eigenvalue weighted by atomic mass is 9.75. The Morgan fingerprint density at radius 2 is 1.53 bits per heavy atom. The van der Waals surface area contributed by atoms with E-state index in [1.807, 2.05) is 0 Å². The van der Waals surface area contributed by atoms with Crippen molar-refractivity contribution in [3.63, 3.8) is 0 Å². The van der Waals surface area contributed by atoms with Crippen LogP contribution in [0, 0.1) is 3.57 Å². The van der Waals surface area contributed by atoms with Gasteiger partial charge in [0.1, 0.15) is 0 Å². The van der Waals surface area contributed by atoms with E-state index >= 15 is 0 Å². The highest BCUT2D eigenvalue weighted by molar-refractivity contribution is 14.1. The lowest BCUT2D eigenvalue weighted by Crippen LogP contribution is -2.22. The second-order valence-corrected chi connectivity index (χ2v) is 7.21. The summed E-state index contributed by atoms with van der Waals surface area (Å²) in [5.74, 6) is 0. The summed E-state index contributed by atoms with van der Waals surface area (Å²) in [6.07, 6.45) is 16.6. The first kappa shape index (κ1) is 17.1. The predicted molar refractivity (Wildman–Crippen MR) is 93.8 cm³/mol. The summed E-state index contributed by atoms with van der Waals surface area (Å²) < 4.78 is 1.41. The summed E-state index contributed by atoms with van der Waals surface area (Å²) in [4.78, 5) is 3.29. The Labute approximate surface area is 133 Å². The zero-order valence-electron chi connectivity index (χ0n) is 12.9. The van der Waals surface area contributed by atoms with Gasteiger partial charge >= 0.3 is 0 Å². The van der Waals surface area contributed by atoms with Gasteiger partial charge in [-0.25, -0.2) is 0 Å². The zero-order chi connectivity index (χ0) is 14.1. The van der Waals surface area contributed by atoms with Gasteiger partial charge in [0, 0.05) is 16.0 Å². The third-order valence-electron chi connectivity index (χ3n) is 4.26. The molecule has 0 aromatic carbocycles. The molecule has 0 aliphatic rings. The van der Waals surface area contributed by atoms with Gasteiger partial charge in [0.25, 0.3) is 0 Å². The standard InChI is InChI=1S/C17H30IN/c1-4-6-8-10-12-17(3,11-9-7-5-2)15-13-19-14-16(15)18/h13-14,19H,4-12H2,1-3H3. The number of H-pyrrole nitrogens is 1. The molecule has 0 saturated carbocycles. The van der Waals surface area contributed by atoms with Crippen LogP contribution >= 0.6 is 22.6 Å². The molecule has 1 aromatic rings. The van der Waals surface area contributed by atoms with Crippen LogP contribution in [0.3, 0.4) is 0 Å². The number of hydrogen-bond donors (Lipinski definition) is 1. The number of unbranched alkanes of at least 4 members (excludes halogenated alkanes) is 5. The number of aromatic nitrogens is 1. The van der Waals surface area contributed by atoms with Crippen molar-refractivity contribution < 1.29 is 0 Å². The fourth-order valence-corrected chi connectivity index (χ4v) is 3.90. The van der Waals surface area contributed by atoms with Gasteiger partial charge in [-0.05, 0) is 46.4 Å². The Hall–Kier alpha value is 0.01000. The van der Waals surface area contributed by atoms with Crippen molar-refractivity contribution in [1.29, 1.82) is 0 Å². The Balaban J connectivity index is 2.64. The van der Waals surface area contributed by atoms with E-state index in [2.05, 4.69) is 60.7 Å². The van der Waals surface area contributed by atoms with Crippen molar-refractivity contribution >= 4 is 22.6 Å². The lowest BCUT2D eigenvalue weighted by Gasteiger charge is -2.30. The summed E-state index contributed by atoms with van der Waals surface area (Å²) in [5, 5.41) is 0. The van der Waals surface area contributed by atoms with Gasteiger partial charge in [-0.15, -0.1) is 0 Å². The molecule has 1 rings (SSSR count). The van der Waals surface area contributed by atoms with Crippen LogP contribution in [0.2, 0.25) is 0 Å². The van der Waals surface area contributed by atoms with Crippen LogP contribution in [0.15, 0.2) is 12.4 Å². The first-order valence-corrected chi connectivity index (χ1v) is 9.04. The SMILES string of the molecule is CCCCCCC(C)(CCCCC)c1c[nH]cc1I. The van der Waals surface area contributed by atoms with E-state index < -0.39 is 0 Å². The first-order chi connectivity index (χ1) is 9.14. The average molecular weight is 375 g/mol. The number of nitrogens with one attached hydrogen (secondary N) is 1. The number of aromatic amines is 1. The summed E-state index contributed by atoms with van der Waals surface area (Å²) in [5.41, 5.74) is 1.92. The second kappa shape index (κ2) is 9.04. The minimum Gasteiger partial charge on any atom is -0.366 e. The van der Waals surface area contributed by atoms with Crippen molar-refractivity contribution in [3.05, 3.63) is 21.5 Å². The number of rotatable bonds is 10. The van der Waals surface area contributed by atoms with Crippen LogP contribution in [0.4, 0.5) is 0 Å². The van der Waals surface area contributed by atoms with Gasteiger partial charge in [-0.1, -0.05) is 65.7 Å². The molecule has 1 heterocycles. The highest BCUT2D eigenvalue weighted by atomic mass is 127. The lowest BCUT2D eigenvalue weighted by molar-refractivity contribution is 0.364. The zero-order valence-corrected chi connectivity index (χ0v) is 15.1. The van der Waals surface area contributed by atoms with E-state index in [0.29, 0.717) is 5.41 Å². The van der Waals surface area contributed by atoms with Crippen LogP contribution < -0.4 is 0 Å². The Morgan fingerprint density at radius 1 is 0.947 bits per heavy atom. The van der Waals surface area contributed by atoms with E-state index in [-0.39, 0.29) is 0 Å². The average Bonchev–Trinajstić information content (AvgIpc) is 2.82. The van der Waals surface area contributed by atoms with Crippen LogP contribution in [-0.4, -0.2) is 4.98 Å². The molecule has 0 bridgehead atoms. The fraction of sp³-hybridized carbons (Fsp3) is 0.765. The van der Waals surface area contributed by atoms with Crippen molar-refractivity contribution in [2.75, 3.05) is 0 Å². The van der Waals surface area contributed by atoms with Crippen molar-refractivity contribution in [1.82, 2.24) is 4.98 Å². The highest BCUT2D eigenvalue weighted by Crippen LogP contribution is 2.37. The molecule has 0 aliphatic carbocycles. The molecule has 19 heavy (non-hydrogen) atoms. The minimum absolute atomic E-state index is 0.374. The van der Waals surface area contributed by atoms with E-state index in [1.165, 1.54) is 61.4 Å². The van der Waals surface area contributed by atoms with Crippen molar-refractivity contribution in [2.24, 2.45) is 0 Å². The molecular formula is C17H30IN. The molecule has 0 amide bonds. The maximum Gasteiger partial charge on any atom is 0.0342 e. The van der Waals surface area contributed by atoms with Gasteiger partial charge in [0.2, 0.25) is 0 Å². The van der Waals surface area contributed by atoms with Crippen molar-refractivity contribution in [3.8, 4) is 0 Å². The monoisotopic (exact) mass is 375 g/mol. The molecular weight excluding hydrogens is 345 g/mol. The summed E-state index contributed by atoms with van der Waals surface area (Å²) >= 11 is 2.48. The van der Waals surface area contributed by atoms with Crippen LogP contribution in [0.1, 0.15) is 84.1 Å². The maximum atomic E-state index is 3.29. The normalized spacial score (nSPS) is 14.5. The number of halogens is 1. The van der Waals surface area contributed by atoms with Gasteiger partial charge in [-0.2, -0.15) is 0 Å². The summed E-state index contributed by atoms with van der Waals surface area (Å²) in [7, 11) is 0. The first-order valence-electron chi connectivity index (χ1n) is 7.97. The highest BCUT2D eigenvalue weighted by Gasteiger charge is 2.28. The molecule has 110 valence electrons. The number of hydrogen-bond acceptors (Lipinski definition) is 0. The molecule has 1 atom stereocenters. The molecule has 0 fully saturated rings. The van der Waals surface area contributed by atoms with Crippen LogP contribution in [-0.2, 0) is 5.41 Å². The van der Waals surface area contributed by atoms with Gasteiger partial charge in [-0.3, -0.25) is 0 Å². The largest absolute Gasteiger partial charge is 0.366 e. The van der Waals surface area contributed by atoms with E-state index in [4.69, 9.17) is 0 Å². The van der Waals surface area contributed by atoms with Crippen LogP contribution in [0.25, 0.3) is 0 Å². The Bertz CT molecular complexity index is 345. The van der Waals surface area contributed by atoms with Crippen molar-refractivity contribution in [2.45, 2.75) is 84.0 Å². The van der Waals surface area contributed by atoms with E-state index in [0.717, 1.165) is 0 Å². The molecule has 2 heteroatoms. The van der Waals surface area contributed by atoms with Gasteiger partial charge < -0.3 is 4.98 Å². The third-order valence-corrected chi connectivity index (χ3v) is 5.15. The van der Waals surface area contributed by atoms with E-state index in [9.17, 15) is 0 Å². The molecule has 1 aromatic heterocycles. The van der Waals surface area contributed by atoms with Crippen LogP contribution in [0.5, 0.6) is 0 Å². The molecule has 0 spiro atoms. The minimum atomic E-state index is 0.374. The molecule has 1 unspecified atom stereocenters. The Kier molecular flexibility index (Phi) is 8.12. The molecule has 0 aliphatic heterocycles. The summed E-state index contributed by atoms with van der Waals surface area (Å²) in [6, 6.07) is 0. The Morgan fingerprint density at radius 3 is 2.05 bits per heavy atom. The smallest absolute Gasteiger partial charge is 0.0342 e. The predicted octanol–water partition coefficient (Wildman–Crippen LogP) is 6.43. The third kappa shape index (κ3) is 5.49. The topological polar surface area (TPSA) is 15.8 Å². The summed E-state index contributed by atoms with van der Waals surface area (Å²) in [6.45, 7) is 7.05. The quantitative estimate of drug-likeness (QED) is 0.358. The van der Waals surface area contributed by atoms with Gasteiger partial charge in [0.05, 0.1) is 0 Å². The van der Waals surface area contributed by atoms with Gasteiger partial charge in [0.15, 0.2) is 0 Å². The molecule has 1 nitrogen and oxygen atoms in total. The fourth-order valence-electron chi connectivity index (χ4n) is 2.91. The molecule has 0 radical (unpaired) electrons. The second-order valence-electron chi connectivity index (χ2n) is 6.05. The maximum absolute atomic E-state index is 3.29.